The number of nitrogens with two attached hydrogens (primary N) is 1. The first kappa shape index (κ1) is 11.8. The second kappa shape index (κ2) is 4.09. The number of rotatable bonds is 2. The Morgan fingerprint density at radius 1 is 1.43 bits per heavy atom. The van der Waals surface area contributed by atoms with Crippen LogP contribution in [0.2, 0.25) is 5.02 Å². The molecule has 0 aliphatic rings. The fraction of sp³-hybridized carbons (Fsp3) is 0.400. The third-order valence-electron chi connectivity index (χ3n) is 1.94. The molecular weight excluding hydrogens is 265 g/mol. The van der Waals surface area contributed by atoms with Crippen LogP contribution in [0.15, 0.2) is 16.6 Å². The van der Waals surface area contributed by atoms with Crippen molar-refractivity contribution in [1.82, 2.24) is 0 Å². The highest BCUT2D eigenvalue weighted by molar-refractivity contribution is 9.10. The largest absolute Gasteiger partial charge is 0.496 e. The van der Waals surface area contributed by atoms with Crippen LogP contribution in [0.25, 0.3) is 0 Å². The van der Waals surface area contributed by atoms with E-state index in [-0.39, 0.29) is 0 Å². The summed E-state index contributed by atoms with van der Waals surface area (Å²) < 4.78 is 6.01. The van der Waals surface area contributed by atoms with Crippen LogP contribution in [0.1, 0.15) is 19.4 Å². The van der Waals surface area contributed by atoms with Crippen molar-refractivity contribution >= 4 is 27.5 Å². The van der Waals surface area contributed by atoms with Crippen LogP contribution < -0.4 is 10.5 Å². The fourth-order valence-corrected chi connectivity index (χ4v) is 2.22. The van der Waals surface area contributed by atoms with Crippen molar-refractivity contribution in [2.24, 2.45) is 5.73 Å². The molecule has 0 amide bonds. The van der Waals surface area contributed by atoms with Crippen molar-refractivity contribution in [2.45, 2.75) is 19.4 Å². The highest BCUT2D eigenvalue weighted by Gasteiger charge is 2.19. The first-order valence-corrected chi connectivity index (χ1v) is 5.35. The summed E-state index contributed by atoms with van der Waals surface area (Å²) in [7, 11) is 1.61. The second-order valence-electron chi connectivity index (χ2n) is 3.69. The molecule has 1 aromatic carbocycles. The van der Waals surface area contributed by atoms with E-state index in [1.54, 1.807) is 13.2 Å². The van der Waals surface area contributed by atoms with E-state index < -0.39 is 5.54 Å². The van der Waals surface area contributed by atoms with E-state index in [1.807, 2.05) is 19.9 Å². The Morgan fingerprint density at radius 3 is 2.43 bits per heavy atom. The summed E-state index contributed by atoms with van der Waals surface area (Å²) in [5.74, 6) is 0.739. The van der Waals surface area contributed by atoms with Gasteiger partial charge in [0.1, 0.15) is 5.75 Å². The zero-order valence-corrected chi connectivity index (χ0v) is 10.7. The predicted octanol–water partition coefficient (Wildman–Crippen LogP) is 3.30. The summed E-state index contributed by atoms with van der Waals surface area (Å²) in [6.45, 7) is 3.81. The highest BCUT2D eigenvalue weighted by Crippen LogP contribution is 2.35. The van der Waals surface area contributed by atoms with Gasteiger partial charge in [0.15, 0.2) is 0 Å². The molecule has 0 aliphatic carbocycles. The van der Waals surface area contributed by atoms with E-state index in [1.165, 1.54) is 0 Å². The molecule has 2 N–H and O–H groups in total. The lowest BCUT2D eigenvalue weighted by Gasteiger charge is -2.21. The lowest BCUT2D eigenvalue weighted by atomic mass is 9.95. The molecule has 0 radical (unpaired) electrons. The summed E-state index contributed by atoms with van der Waals surface area (Å²) in [6.07, 6.45) is 0. The van der Waals surface area contributed by atoms with E-state index in [0.29, 0.717) is 5.02 Å². The van der Waals surface area contributed by atoms with Crippen LogP contribution in [0, 0.1) is 0 Å². The summed E-state index contributed by atoms with van der Waals surface area (Å²) in [4.78, 5) is 0. The Kier molecular flexibility index (Phi) is 3.45. The zero-order chi connectivity index (χ0) is 10.9. The van der Waals surface area contributed by atoms with Crippen molar-refractivity contribution < 1.29 is 4.74 Å². The first-order chi connectivity index (χ1) is 6.36. The molecule has 0 heterocycles. The smallest absolute Gasteiger partial charge is 0.133 e. The second-order valence-corrected chi connectivity index (χ2v) is 4.95. The minimum atomic E-state index is -0.467. The zero-order valence-electron chi connectivity index (χ0n) is 8.40. The Balaban J connectivity index is 3.32. The van der Waals surface area contributed by atoms with Crippen LogP contribution in [0.5, 0.6) is 5.75 Å². The number of hydrogen-bond acceptors (Lipinski definition) is 2. The normalized spacial score (nSPS) is 11.6. The van der Waals surface area contributed by atoms with Crippen LogP contribution in [-0.2, 0) is 5.54 Å². The van der Waals surface area contributed by atoms with Gasteiger partial charge >= 0.3 is 0 Å². The van der Waals surface area contributed by atoms with E-state index >= 15 is 0 Å². The van der Waals surface area contributed by atoms with Crippen LogP contribution >= 0.6 is 27.5 Å². The Bertz CT molecular complexity index is 347. The minimum absolute atomic E-state index is 0.467. The lowest BCUT2D eigenvalue weighted by Crippen LogP contribution is -2.29. The molecule has 0 saturated heterocycles. The molecular formula is C10H13BrClNO. The molecule has 0 fully saturated rings. The molecule has 0 bridgehead atoms. The third kappa shape index (κ3) is 2.41. The summed E-state index contributed by atoms with van der Waals surface area (Å²) in [5, 5.41) is 0.644. The fourth-order valence-electron chi connectivity index (χ4n) is 1.18. The topological polar surface area (TPSA) is 35.2 Å². The summed E-state index contributed by atoms with van der Waals surface area (Å²) >= 11 is 9.44. The van der Waals surface area contributed by atoms with Crippen molar-refractivity contribution in [2.75, 3.05) is 7.11 Å². The molecule has 0 aliphatic heterocycles. The average Bonchev–Trinajstić information content (AvgIpc) is 2.02. The van der Waals surface area contributed by atoms with Gasteiger partial charge < -0.3 is 10.5 Å². The Morgan fingerprint density at radius 2 is 2.00 bits per heavy atom. The Hall–Kier alpha value is -0.250. The van der Waals surface area contributed by atoms with Gasteiger partial charge in [0, 0.05) is 10.6 Å². The number of ether oxygens (including phenoxy) is 1. The first-order valence-electron chi connectivity index (χ1n) is 4.18. The van der Waals surface area contributed by atoms with Gasteiger partial charge in [-0.05, 0) is 47.5 Å². The van der Waals surface area contributed by atoms with E-state index in [4.69, 9.17) is 22.1 Å². The number of benzene rings is 1. The quantitative estimate of drug-likeness (QED) is 0.901. The van der Waals surface area contributed by atoms with Crippen molar-refractivity contribution in [3.8, 4) is 5.75 Å². The van der Waals surface area contributed by atoms with Gasteiger partial charge in [-0.15, -0.1) is 0 Å². The van der Waals surface area contributed by atoms with Crippen LogP contribution in [0.4, 0.5) is 0 Å². The molecule has 0 aromatic heterocycles. The van der Waals surface area contributed by atoms with Crippen LogP contribution in [0.3, 0.4) is 0 Å². The van der Waals surface area contributed by atoms with Crippen molar-refractivity contribution in [3.63, 3.8) is 0 Å². The summed E-state index contributed by atoms with van der Waals surface area (Å²) in [6, 6.07) is 3.65. The molecule has 0 saturated carbocycles. The maximum atomic E-state index is 6.08. The maximum absolute atomic E-state index is 6.08. The van der Waals surface area contributed by atoms with Crippen molar-refractivity contribution in [1.29, 1.82) is 0 Å². The molecule has 1 rings (SSSR count). The SMILES string of the molecule is COc1cc(C(C)(C)N)c(Cl)cc1Br. The number of halogens is 2. The van der Waals surface area contributed by atoms with E-state index in [2.05, 4.69) is 15.9 Å². The van der Waals surface area contributed by atoms with Crippen LogP contribution in [-0.4, -0.2) is 7.11 Å². The van der Waals surface area contributed by atoms with Gasteiger partial charge in [-0.2, -0.15) is 0 Å². The van der Waals surface area contributed by atoms with Gasteiger partial charge in [-0.1, -0.05) is 11.6 Å². The lowest BCUT2D eigenvalue weighted by molar-refractivity contribution is 0.409. The van der Waals surface area contributed by atoms with Gasteiger partial charge in [0.05, 0.1) is 11.6 Å². The molecule has 0 atom stereocenters. The number of methoxy groups -OCH3 is 1. The standard InChI is InChI=1S/C10H13BrClNO/c1-10(2,13)6-4-9(14-3)7(11)5-8(6)12/h4-5H,13H2,1-3H3. The minimum Gasteiger partial charge on any atom is -0.496 e. The van der Waals surface area contributed by atoms with E-state index in [0.717, 1.165) is 15.8 Å². The maximum Gasteiger partial charge on any atom is 0.133 e. The highest BCUT2D eigenvalue weighted by atomic mass is 79.9. The van der Waals surface area contributed by atoms with Gasteiger partial charge in [-0.3, -0.25) is 0 Å². The average molecular weight is 279 g/mol. The number of hydrogen-bond donors (Lipinski definition) is 1. The van der Waals surface area contributed by atoms with Gasteiger partial charge in [0.25, 0.3) is 0 Å². The molecule has 0 spiro atoms. The molecule has 14 heavy (non-hydrogen) atoms. The Labute approximate surface area is 97.5 Å². The third-order valence-corrected chi connectivity index (χ3v) is 2.87. The summed E-state index contributed by atoms with van der Waals surface area (Å²) in [5.41, 5.74) is 6.38. The van der Waals surface area contributed by atoms with Gasteiger partial charge in [0.2, 0.25) is 0 Å². The van der Waals surface area contributed by atoms with Crippen molar-refractivity contribution in [3.05, 3.63) is 27.2 Å². The molecule has 2 nitrogen and oxygen atoms in total. The molecule has 0 unspecified atom stereocenters. The van der Waals surface area contributed by atoms with E-state index in [9.17, 15) is 0 Å². The monoisotopic (exact) mass is 277 g/mol. The molecule has 1 aromatic rings. The predicted molar refractivity (Wildman–Crippen MR) is 62.9 cm³/mol. The molecule has 78 valence electrons. The molecule has 4 heteroatoms. The van der Waals surface area contributed by atoms with Gasteiger partial charge in [-0.25, -0.2) is 0 Å².